The average molecular weight is 357 g/mol. The minimum atomic E-state index is -1.11. The lowest BCUT2D eigenvalue weighted by Gasteiger charge is -2.10. The van der Waals surface area contributed by atoms with Crippen molar-refractivity contribution in [3.63, 3.8) is 0 Å². The molecule has 0 aliphatic carbocycles. The van der Waals surface area contributed by atoms with E-state index in [2.05, 4.69) is 33.1 Å². The number of carbonyl (C=O) groups is 2. The van der Waals surface area contributed by atoms with E-state index in [0.29, 0.717) is 24.2 Å². The molecule has 1 aromatic rings. The first-order valence-electron chi connectivity index (χ1n) is 6.20. The van der Waals surface area contributed by atoms with Gasteiger partial charge in [-0.25, -0.2) is 9.59 Å². The Morgan fingerprint density at radius 1 is 1.43 bits per heavy atom. The Balaban J connectivity index is 2.48. The SMILES string of the molecule is C=C(C)COCCNC(=O)Nc1ccc(Br)cc1C(=O)O. The predicted octanol–water partition coefficient (Wildman–Crippen LogP) is 2.86. The summed E-state index contributed by atoms with van der Waals surface area (Å²) < 4.78 is 5.86. The smallest absolute Gasteiger partial charge is 0.337 e. The molecule has 0 saturated carbocycles. The van der Waals surface area contributed by atoms with E-state index in [0.717, 1.165) is 5.57 Å². The van der Waals surface area contributed by atoms with Gasteiger partial charge in [-0.15, -0.1) is 0 Å². The number of carbonyl (C=O) groups excluding carboxylic acids is 1. The Morgan fingerprint density at radius 3 is 2.76 bits per heavy atom. The average Bonchev–Trinajstić information content (AvgIpc) is 2.39. The van der Waals surface area contributed by atoms with Gasteiger partial charge in [0.1, 0.15) is 0 Å². The lowest BCUT2D eigenvalue weighted by Crippen LogP contribution is -2.32. The third kappa shape index (κ3) is 6.42. The number of rotatable bonds is 7. The molecule has 0 aromatic heterocycles. The largest absolute Gasteiger partial charge is 0.478 e. The summed E-state index contributed by atoms with van der Waals surface area (Å²) in [4.78, 5) is 22.8. The van der Waals surface area contributed by atoms with Crippen LogP contribution in [0, 0.1) is 0 Å². The number of aromatic carboxylic acids is 1. The van der Waals surface area contributed by atoms with E-state index in [-0.39, 0.29) is 11.3 Å². The van der Waals surface area contributed by atoms with Gasteiger partial charge in [-0.2, -0.15) is 0 Å². The van der Waals surface area contributed by atoms with Crippen LogP contribution < -0.4 is 10.6 Å². The molecule has 1 rings (SSSR count). The molecule has 0 aliphatic rings. The van der Waals surface area contributed by atoms with Crippen molar-refractivity contribution < 1.29 is 19.4 Å². The van der Waals surface area contributed by atoms with Crippen molar-refractivity contribution >= 4 is 33.6 Å². The van der Waals surface area contributed by atoms with E-state index in [9.17, 15) is 9.59 Å². The quantitative estimate of drug-likeness (QED) is 0.517. The maximum absolute atomic E-state index is 11.7. The Labute approximate surface area is 131 Å². The maximum Gasteiger partial charge on any atom is 0.337 e. The summed E-state index contributed by atoms with van der Waals surface area (Å²) in [5, 5.41) is 14.2. The van der Waals surface area contributed by atoms with Gasteiger partial charge < -0.3 is 20.5 Å². The van der Waals surface area contributed by atoms with Crippen LogP contribution in [0.25, 0.3) is 0 Å². The van der Waals surface area contributed by atoms with Crippen LogP contribution in [0.3, 0.4) is 0 Å². The van der Waals surface area contributed by atoms with Crippen LogP contribution in [0.1, 0.15) is 17.3 Å². The highest BCUT2D eigenvalue weighted by molar-refractivity contribution is 9.10. The monoisotopic (exact) mass is 356 g/mol. The number of benzene rings is 1. The van der Waals surface area contributed by atoms with Crippen molar-refractivity contribution in [2.24, 2.45) is 0 Å². The molecule has 0 spiro atoms. The van der Waals surface area contributed by atoms with Crippen molar-refractivity contribution in [3.05, 3.63) is 40.4 Å². The molecule has 0 fully saturated rings. The molecule has 1 aromatic carbocycles. The maximum atomic E-state index is 11.7. The number of hydrogen-bond acceptors (Lipinski definition) is 3. The highest BCUT2D eigenvalue weighted by atomic mass is 79.9. The van der Waals surface area contributed by atoms with E-state index >= 15 is 0 Å². The summed E-state index contributed by atoms with van der Waals surface area (Å²) in [6.07, 6.45) is 0. The minimum absolute atomic E-state index is 0.0121. The van der Waals surface area contributed by atoms with Gasteiger partial charge in [-0.3, -0.25) is 0 Å². The van der Waals surface area contributed by atoms with E-state index in [1.807, 2.05) is 6.92 Å². The Kier molecular flexibility index (Phi) is 6.90. The van der Waals surface area contributed by atoms with Gasteiger partial charge in [0.2, 0.25) is 0 Å². The molecule has 21 heavy (non-hydrogen) atoms. The normalized spacial score (nSPS) is 10.0. The first-order chi connectivity index (χ1) is 9.90. The summed E-state index contributed by atoms with van der Waals surface area (Å²) in [5.74, 6) is -1.11. The summed E-state index contributed by atoms with van der Waals surface area (Å²) in [6.45, 7) is 6.66. The lowest BCUT2D eigenvalue weighted by molar-refractivity contribution is 0.0698. The zero-order chi connectivity index (χ0) is 15.8. The van der Waals surface area contributed by atoms with Crippen LogP contribution in [0.5, 0.6) is 0 Å². The lowest BCUT2D eigenvalue weighted by atomic mass is 10.2. The number of halogens is 1. The second-order valence-corrected chi connectivity index (χ2v) is 5.30. The Hall–Kier alpha value is -1.86. The molecule has 0 atom stereocenters. The number of anilines is 1. The highest BCUT2D eigenvalue weighted by Gasteiger charge is 2.12. The van der Waals surface area contributed by atoms with Gasteiger partial charge >= 0.3 is 12.0 Å². The van der Waals surface area contributed by atoms with Crippen molar-refractivity contribution in [1.82, 2.24) is 5.32 Å². The molecular formula is C14H17BrN2O4. The van der Waals surface area contributed by atoms with E-state index < -0.39 is 12.0 Å². The molecule has 0 saturated heterocycles. The van der Waals surface area contributed by atoms with Crippen LogP contribution in [0.2, 0.25) is 0 Å². The molecule has 0 heterocycles. The van der Waals surface area contributed by atoms with Gasteiger partial charge in [0.05, 0.1) is 24.5 Å². The van der Waals surface area contributed by atoms with Gasteiger partial charge in [-0.1, -0.05) is 28.1 Å². The van der Waals surface area contributed by atoms with Crippen LogP contribution in [-0.4, -0.2) is 36.9 Å². The van der Waals surface area contributed by atoms with Crippen LogP contribution >= 0.6 is 15.9 Å². The van der Waals surface area contributed by atoms with E-state index in [4.69, 9.17) is 9.84 Å². The summed E-state index contributed by atoms with van der Waals surface area (Å²) in [7, 11) is 0. The molecular weight excluding hydrogens is 340 g/mol. The predicted molar refractivity (Wildman–Crippen MR) is 83.8 cm³/mol. The van der Waals surface area contributed by atoms with Gasteiger partial charge in [0.15, 0.2) is 0 Å². The summed E-state index contributed by atoms with van der Waals surface area (Å²) in [5.41, 5.74) is 1.14. The molecule has 0 bridgehead atoms. The molecule has 0 unspecified atom stereocenters. The number of amides is 2. The van der Waals surface area contributed by atoms with Crippen molar-refractivity contribution in [3.8, 4) is 0 Å². The van der Waals surface area contributed by atoms with Crippen molar-refractivity contribution in [2.45, 2.75) is 6.92 Å². The number of ether oxygens (including phenoxy) is 1. The second kappa shape index (κ2) is 8.43. The summed E-state index contributed by atoms with van der Waals surface area (Å²) >= 11 is 3.19. The highest BCUT2D eigenvalue weighted by Crippen LogP contribution is 2.21. The molecule has 3 N–H and O–H groups in total. The number of carboxylic acid groups (broad SMARTS) is 1. The zero-order valence-corrected chi connectivity index (χ0v) is 13.2. The summed E-state index contributed by atoms with van der Waals surface area (Å²) in [6, 6.07) is 4.11. The molecule has 0 radical (unpaired) electrons. The molecule has 114 valence electrons. The van der Waals surface area contributed by atoms with Crippen LogP contribution in [0.4, 0.5) is 10.5 Å². The molecule has 2 amide bonds. The molecule has 6 nitrogen and oxygen atoms in total. The van der Waals surface area contributed by atoms with E-state index in [1.165, 1.54) is 12.1 Å². The third-order valence-electron chi connectivity index (χ3n) is 2.34. The first kappa shape index (κ1) is 17.2. The second-order valence-electron chi connectivity index (χ2n) is 4.39. The fourth-order valence-corrected chi connectivity index (χ4v) is 1.81. The topological polar surface area (TPSA) is 87.7 Å². The van der Waals surface area contributed by atoms with Crippen LogP contribution in [0.15, 0.2) is 34.8 Å². The van der Waals surface area contributed by atoms with Gasteiger partial charge in [-0.05, 0) is 25.1 Å². The van der Waals surface area contributed by atoms with Gasteiger partial charge in [0, 0.05) is 11.0 Å². The Bertz CT molecular complexity index is 546. The standard InChI is InChI=1S/C14H17BrN2O4/c1-9(2)8-21-6-5-16-14(20)17-12-4-3-10(15)7-11(12)13(18)19/h3-4,7H,1,5-6,8H2,2H3,(H,18,19)(H2,16,17,20). The van der Waals surface area contributed by atoms with Crippen molar-refractivity contribution in [2.75, 3.05) is 25.1 Å². The fraction of sp³-hybridized carbons (Fsp3) is 0.286. The van der Waals surface area contributed by atoms with E-state index in [1.54, 1.807) is 6.07 Å². The molecule has 7 heteroatoms. The van der Waals surface area contributed by atoms with Crippen LogP contribution in [-0.2, 0) is 4.74 Å². The number of hydrogen-bond donors (Lipinski definition) is 3. The number of carboxylic acids is 1. The number of urea groups is 1. The molecule has 0 aliphatic heterocycles. The Morgan fingerprint density at radius 2 is 2.14 bits per heavy atom. The minimum Gasteiger partial charge on any atom is -0.478 e. The number of nitrogens with one attached hydrogen (secondary N) is 2. The van der Waals surface area contributed by atoms with Gasteiger partial charge in [0.25, 0.3) is 0 Å². The third-order valence-corrected chi connectivity index (χ3v) is 2.83. The van der Waals surface area contributed by atoms with Crippen molar-refractivity contribution in [1.29, 1.82) is 0 Å². The zero-order valence-electron chi connectivity index (χ0n) is 11.6. The fourth-order valence-electron chi connectivity index (χ4n) is 1.45. The first-order valence-corrected chi connectivity index (χ1v) is 6.99.